The van der Waals surface area contributed by atoms with Crippen molar-refractivity contribution in [2.24, 2.45) is 5.41 Å². The van der Waals surface area contributed by atoms with Crippen LogP contribution in [0, 0.1) is 5.41 Å². The molecule has 1 aromatic carbocycles. The summed E-state index contributed by atoms with van der Waals surface area (Å²) in [7, 11) is 0. The summed E-state index contributed by atoms with van der Waals surface area (Å²) in [4.78, 5) is 0. The van der Waals surface area contributed by atoms with E-state index in [-0.39, 0.29) is 12.0 Å². The number of hydrogen-bond donors (Lipinski definition) is 2. The minimum absolute atomic E-state index is 0.0266. The second kappa shape index (κ2) is 5.60. The van der Waals surface area contributed by atoms with Gasteiger partial charge < -0.3 is 10.4 Å². The third kappa shape index (κ3) is 3.47. The first-order chi connectivity index (χ1) is 8.50. The largest absolute Gasteiger partial charge is 0.396 e. The number of aliphatic hydroxyl groups is 1. The fourth-order valence-electron chi connectivity index (χ4n) is 2.29. The maximum atomic E-state index is 9.20. The molecule has 0 aliphatic heterocycles. The van der Waals surface area contributed by atoms with Crippen LogP contribution < -0.4 is 5.32 Å². The first-order valence-electron chi connectivity index (χ1n) is 6.60. The van der Waals surface area contributed by atoms with E-state index in [1.807, 2.05) is 12.1 Å². The predicted molar refractivity (Wildman–Crippen MR) is 76.1 cm³/mol. The summed E-state index contributed by atoms with van der Waals surface area (Å²) in [5.41, 5.74) is 1.32. The number of hydrogen-bond acceptors (Lipinski definition) is 2. The summed E-state index contributed by atoms with van der Waals surface area (Å²) in [5.74, 6) is 0.637. The molecule has 1 aromatic rings. The highest BCUT2D eigenvalue weighted by Gasteiger charge is 2.31. The van der Waals surface area contributed by atoms with Gasteiger partial charge in [-0.05, 0) is 36.5 Å². The van der Waals surface area contributed by atoms with Crippen LogP contribution in [0.25, 0.3) is 0 Å². The van der Waals surface area contributed by atoms with Crippen LogP contribution in [0.5, 0.6) is 0 Å². The van der Waals surface area contributed by atoms with Gasteiger partial charge in [-0.2, -0.15) is 0 Å². The van der Waals surface area contributed by atoms with Crippen molar-refractivity contribution in [3.63, 3.8) is 0 Å². The summed E-state index contributed by atoms with van der Waals surface area (Å²) in [6, 6.07) is 8.75. The van der Waals surface area contributed by atoms with E-state index in [2.05, 4.69) is 31.3 Å². The molecule has 2 N–H and O–H groups in total. The van der Waals surface area contributed by atoms with Crippen LogP contribution in [-0.4, -0.2) is 24.3 Å². The fraction of sp³-hybridized carbons (Fsp3) is 0.600. The predicted octanol–water partition coefficient (Wildman–Crippen LogP) is 3.19. The zero-order chi connectivity index (χ0) is 13.2. The Morgan fingerprint density at radius 1 is 1.39 bits per heavy atom. The lowest BCUT2D eigenvalue weighted by Gasteiger charge is -2.38. The second-order valence-electron chi connectivity index (χ2n) is 6.12. The summed E-state index contributed by atoms with van der Waals surface area (Å²) < 4.78 is 0. The topological polar surface area (TPSA) is 32.3 Å². The Labute approximate surface area is 114 Å². The van der Waals surface area contributed by atoms with Gasteiger partial charge in [0.15, 0.2) is 0 Å². The average Bonchev–Trinajstić information content (AvgIpc) is 2.27. The van der Waals surface area contributed by atoms with Crippen LogP contribution in [0.15, 0.2) is 24.3 Å². The highest BCUT2D eigenvalue weighted by Crippen LogP contribution is 2.37. The summed E-state index contributed by atoms with van der Waals surface area (Å²) in [5, 5.41) is 13.6. The maximum Gasteiger partial charge on any atom is 0.0494 e. The van der Waals surface area contributed by atoms with Crippen molar-refractivity contribution in [2.75, 3.05) is 13.2 Å². The molecular formula is C15H22ClNO. The monoisotopic (exact) mass is 267 g/mol. The normalized spacial score (nSPS) is 23.8. The number of aliphatic hydroxyl groups excluding tert-OH is 1. The molecule has 0 saturated heterocycles. The van der Waals surface area contributed by atoms with E-state index in [1.54, 1.807) is 0 Å². The number of halogens is 1. The Morgan fingerprint density at radius 2 is 2.11 bits per heavy atom. The van der Waals surface area contributed by atoms with Crippen molar-refractivity contribution in [3.8, 4) is 0 Å². The highest BCUT2D eigenvalue weighted by atomic mass is 35.5. The van der Waals surface area contributed by atoms with Gasteiger partial charge in [0.25, 0.3) is 0 Å². The lowest BCUT2D eigenvalue weighted by molar-refractivity contribution is 0.143. The first-order valence-corrected chi connectivity index (χ1v) is 6.98. The zero-order valence-corrected chi connectivity index (χ0v) is 11.9. The number of rotatable bonds is 5. The van der Waals surface area contributed by atoms with Gasteiger partial charge in [-0.15, -0.1) is 0 Å². The average molecular weight is 268 g/mol. The second-order valence-corrected chi connectivity index (χ2v) is 6.56. The summed E-state index contributed by atoms with van der Waals surface area (Å²) >= 11 is 6.00. The van der Waals surface area contributed by atoms with Crippen molar-refractivity contribution in [1.29, 1.82) is 0 Å². The molecular weight excluding hydrogens is 246 g/mol. The van der Waals surface area contributed by atoms with Crippen LogP contribution in [0.4, 0.5) is 0 Å². The quantitative estimate of drug-likeness (QED) is 0.859. The van der Waals surface area contributed by atoms with Gasteiger partial charge in [0.05, 0.1) is 0 Å². The van der Waals surface area contributed by atoms with E-state index in [9.17, 15) is 5.11 Å². The third-order valence-corrected chi connectivity index (χ3v) is 3.99. The summed E-state index contributed by atoms with van der Waals surface area (Å²) in [6.07, 6.45) is 2.34. The van der Waals surface area contributed by atoms with Crippen LogP contribution in [0.1, 0.15) is 38.2 Å². The zero-order valence-electron chi connectivity index (χ0n) is 11.1. The van der Waals surface area contributed by atoms with E-state index in [4.69, 9.17) is 11.6 Å². The van der Waals surface area contributed by atoms with E-state index in [0.29, 0.717) is 12.0 Å². The minimum atomic E-state index is -0.0266. The molecule has 1 saturated carbocycles. The number of benzene rings is 1. The Bertz CT molecular complexity index is 399. The van der Waals surface area contributed by atoms with E-state index >= 15 is 0 Å². The van der Waals surface area contributed by atoms with E-state index in [0.717, 1.165) is 11.6 Å². The Balaban J connectivity index is 1.77. The van der Waals surface area contributed by atoms with Crippen LogP contribution in [-0.2, 0) is 0 Å². The van der Waals surface area contributed by atoms with E-state index in [1.165, 1.54) is 18.4 Å². The molecule has 0 amide bonds. The molecule has 2 nitrogen and oxygen atoms in total. The van der Waals surface area contributed by atoms with Gasteiger partial charge in [-0.3, -0.25) is 0 Å². The van der Waals surface area contributed by atoms with Crippen molar-refractivity contribution in [1.82, 2.24) is 5.32 Å². The van der Waals surface area contributed by atoms with Crippen molar-refractivity contribution in [3.05, 3.63) is 34.9 Å². The molecule has 0 bridgehead atoms. The van der Waals surface area contributed by atoms with Gasteiger partial charge in [-0.25, -0.2) is 0 Å². The Morgan fingerprint density at radius 3 is 2.72 bits per heavy atom. The lowest BCUT2D eigenvalue weighted by atomic mass is 9.75. The van der Waals surface area contributed by atoms with Crippen molar-refractivity contribution in [2.45, 2.75) is 38.6 Å². The first kappa shape index (κ1) is 13.9. The van der Waals surface area contributed by atoms with Gasteiger partial charge >= 0.3 is 0 Å². The molecule has 0 atom stereocenters. The standard InChI is InChI=1S/C15H22ClNO/c1-15(2,10-18)9-17-14-7-12(8-14)11-4-3-5-13(16)6-11/h3-6,12,14,17-18H,7-10H2,1-2H3. The molecule has 0 radical (unpaired) electrons. The van der Waals surface area contributed by atoms with Crippen LogP contribution >= 0.6 is 11.6 Å². The molecule has 2 rings (SSSR count). The van der Waals surface area contributed by atoms with Crippen LogP contribution in [0.2, 0.25) is 5.02 Å². The number of nitrogens with one attached hydrogen (secondary N) is 1. The molecule has 0 aromatic heterocycles. The van der Waals surface area contributed by atoms with Gasteiger partial charge in [0.1, 0.15) is 0 Å². The van der Waals surface area contributed by atoms with Gasteiger partial charge in [0, 0.05) is 29.6 Å². The maximum absolute atomic E-state index is 9.20. The third-order valence-electron chi connectivity index (χ3n) is 3.76. The van der Waals surface area contributed by atoms with Crippen molar-refractivity contribution < 1.29 is 5.11 Å². The molecule has 3 heteroatoms. The Kier molecular flexibility index (Phi) is 4.31. The Hall–Kier alpha value is -0.570. The van der Waals surface area contributed by atoms with Crippen molar-refractivity contribution >= 4 is 11.6 Å². The molecule has 1 aliphatic carbocycles. The molecule has 100 valence electrons. The SMILES string of the molecule is CC(C)(CO)CNC1CC(c2cccc(Cl)c2)C1. The molecule has 0 heterocycles. The van der Waals surface area contributed by atoms with Crippen LogP contribution in [0.3, 0.4) is 0 Å². The molecule has 1 aliphatic rings. The lowest BCUT2D eigenvalue weighted by Crippen LogP contribution is -2.45. The summed E-state index contributed by atoms with van der Waals surface area (Å²) in [6.45, 7) is 5.25. The molecule has 0 spiro atoms. The smallest absolute Gasteiger partial charge is 0.0494 e. The molecule has 0 unspecified atom stereocenters. The van der Waals surface area contributed by atoms with E-state index < -0.39 is 0 Å². The molecule has 18 heavy (non-hydrogen) atoms. The molecule has 1 fully saturated rings. The van der Waals surface area contributed by atoms with Gasteiger partial charge in [0.2, 0.25) is 0 Å². The van der Waals surface area contributed by atoms with Gasteiger partial charge in [-0.1, -0.05) is 37.6 Å². The fourth-order valence-corrected chi connectivity index (χ4v) is 2.49. The highest BCUT2D eigenvalue weighted by molar-refractivity contribution is 6.30. The minimum Gasteiger partial charge on any atom is -0.396 e.